The Kier molecular flexibility index (Phi) is 3.30. The molecule has 2 heterocycles. The minimum absolute atomic E-state index is 0.0196. The highest BCUT2D eigenvalue weighted by Crippen LogP contribution is 2.31. The summed E-state index contributed by atoms with van der Waals surface area (Å²) < 4.78 is 0. The number of nitrogens with one attached hydrogen (secondary N) is 1. The lowest BCUT2D eigenvalue weighted by molar-refractivity contribution is 0.678. The lowest BCUT2D eigenvalue weighted by Gasteiger charge is -2.13. The van der Waals surface area contributed by atoms with E-state index >= 15 is 0 Å². The van der Waals surface area contributed by atoms with Crippen LogP contribution in [0.1, 0.15) is 16.6 Å². The minimum atomic E-state index is 0.0196. The van der Waals surface area contributed by atoms with Crippen LogP contribution in [0.15, 0.2) is 30.0 Å². The van der Waals surface area contributed by atoms with Crippen molar-refractivity contribution < 1.29 is 0 Å². The van der Waals surface area contributed by atoms with E-state index in [0.717, 1.165) is 15.6 Å². The summed E-state index contributed by atoms with van der Waals surface area (Å²) >= 11 is 7.70. The van der Waals surface area contributed by atoms with Crippen molar-refractivity contribution in [1.82, 2.24) is 15.3 Å². The highest BCUT2D eigenvalue weighted by atomic mass is 35.5. The van der Waals surface area contributed by atoms with Crippen molar-refractivity contribution in [2.24, 2.45) is 0 Å². The van der Waals surface area contributed by atoms with E-state index in [9.17, 15) is 0 Å². The molecule has 15 heavy (non-hydrogen) atoms. The molecule has 0 fully saturated rings. The van der Waals surface area contributed by atoms with Gasteiger partial charge in [0, 0.05) is 17.3 Å². The van der Waals surface area contributed by atoms with Crippen LogP contribution in [0.3, 0.4) is 0 Å². The number of aromatic nitrogens is 2. The van der Waals surface area contributed by atoms with E-state index in [0.29, 0.717) is 0 Å². The molecule has 0 saturated heterocycles. The largest absolute Gasteiger partial charge is 0.307 e. The molecular weight excluding hydrogens is 230 g/mol. The molecule has 1 N–H and O–H groups in total. The molecule has 78 valence electrons. The van der Waals surface area contributed by atoms with Gasteiger partial charge in [0.2, 0.25) is 0 Å². The first-order valence-corrected chi connectivity index (χ1v) is 5.74. The summed E-state index contributed by atoms with van der Waals surface area (Å²) in [5, 5.41) is 5.92. The maximum absolute atomic E-state index is 6.09. The zero-order chi connectivity index (χ0) is 10.7. The molecule has 3 nitrogen and oxygen atoms in total. The first-order valence-electron chi connectivity index (χ1n) is 4.49. The van der Waals surface area contributed by atoms with Crippen LogP contribution in [0.4, 0.5) is 0 Å². The van der Waals surface area contributed by atoms with Crippen LogP contribution in [-0.4, -0.2) is 17.0 Å². The summed E-state index contributed by atoms with van der Waals surface area (Å²) in [6, 6.07) is 1.91. The number of thiophene rings is 1. The van der Waals surface area contributed by atoms with E-state index in [-0.39, 0.29) is 6.04 Å². The van der Waals surface area contributed by atoms with Gasteiger partial charge in [0.1, 0.15) is 0 Å². The topological polar surface area (TPSA) is 37.8 Å². The quantitative estimate of drug-likeness (QED) is 0.895. The lowest BCUT2D eigenvalue weighted by atomic mass is 10.2. The van der Waals surface area contributed by atoms with Crippen LogP contribution in [0.25, 0.3) is 0 Å². The van der Waals surface area contributed by atoms with Crippen molar-refractivity contribution in [3.8, 4) is 0 Å². The van der Waals surface area contributed by atoms with E-state index < -0.39 is 0 Å². The number of hydrogen-bond acceptors (Lipinski definition) is 4. The Morgan fingerprint density at radius 1 is 1.47 bits per heavy atom. The Hall–Kier alpha value is -0.970. The smallest absolute Gasteiger partial charge is 0.0873 e. The van der Waals surface area contributed by atoms with E-state index in [1.165, 1.54) is 0 Å². The fraction of sp³-hybridized carbons (Fsp3) is 0.200. The van der Waals surface area contributed by atoms with Gasteiger partial charge in [-0.2, -0.15) is 0 Å². The van der Waals surface area contributed by atoms with E-state index in [1.54, 1.807) is 29.9 Å². The molecule has 2 aromatic heterocycles. The second kappa shape index (κ2) is 4.70. The number of hydrogen-bond donors (Lipinski definition) is 1. The van der Waals surface area contributed by atoms with Crippen molar-refractivity contribution >= 4 is 22.9 Å². The predicted molar refractivity (Wildman–Crippen MR) is 62.3 cm³/mol. The number of rotatable bonds is 3. The Morgan fingerprint density at radius 2 is 2.33 bits per heavy atom. The Balaban J connectivity index is 2.37. The van der Waals surface area contributed by atoms with Crippen molar-refractivity contribution in [3.63, 3.8) is 0 Å². The molecule has 0 amide bonds. The maximum Gasteiger partial charge on any atom is 0.0873 e. The van der Waals surface area contributed by atoms with Gasteiger partial charge in [0.05, 0.1) is 23.0 Å². The van der Waals surface area contributed by atoms with Gasteiger partial charge in [-0.05, 0) is 18.5 Å². The van der Waals surface area contributed by atoms with Crippen molar-refractivity contribution in [1.29, 1.82) is 0 Å². The van der Waals surface area contributed by atoms with Gasteiger partial charge in [0.25, 0.3) is 0 Å². The molecule has 0 spiro atoms. The van der Waals surface area contributed by atoms with Gasteiger partial charge in [-0.3, -0.25) is 9.97 Å². The molecule has 2 aromatic rings. The normalized spacial score (nSPS) is 12.7. The highest BCUT2D eigenvalue weighted by Gasteiger charge is 2.17. The standard InChI is InChI=1S/C10H10ClN3S/c1-12-9(8-6-13-3-4-14-8)10-7(11)2-5-15-10/h2-6,9,12H,1H3. The first-order chi connectivity index (χ1) is 7.33. The van der Waals surface area contributed by atoms with Crippen molar-refractivity contribution in [2.75, 3.05) is 7.05 Å². The van der Waals surface area contributed by atoms with Crippen LogP contribution < -0.4 is 5.32 Å². The summed E-state index contributed by atoms with van der Waals surface area (Å²) in [7, 11) is 1.88. The van der Waals surface area contributed by atoms with Gasteiger partial charge >= 0.3 is 0 Å². The third kappa shape index (κ3) is 2.17. The van der Waals surface area contributed by atoms with Gasteiger partial charge in [-0.1, -0.05) is 11.6 Å². The number of nitrogens with zero attached hydrogens (tertiary/aromatic N) is 2. The monoisotopic (exact) mass is 239 g/mol. The summed E-state index contributed by atoms with van der Waals surface area (Å²) in [6.45, 7) is 0. The minimum Gasteiger partial charge on any atom is -0.307 e. The second-order valence-corrected chi connectivity index (χ2v) is 4.34. The van der Waals surface area contributed by atoms with E-state index in [1.807, 2.05) is 18.5 Å². The first kappa shape index (κ1) is 10.5. The average Bonchev–Trinajstić information content (AvgIpc) is 2.68. The molecule has 0 bridgehead atoms. The Labute approximate surface area is 97.2 Å². The molecule has 0 saturated carbocycles. The van der Waals surface area contributed by atoms with Crippen LogP contribution >= 0.6 is 22.9 Å². The number of halogens is 1. The molecule has 0 aliphatic rings. The average molecular weight is 240 g/mol. The third-order valence-corrected chi connectivity index (χ3v) is 3.50. The zero-order valence-electron chi connectivity index (χ0n) is 8.14. The Morgan fingerprint density at radius 3 is 2.87 bits per heavy atom. The highest BCUT2D eigenvalue weighted by molar-refractivity contribution is 7.10. The van der Waals surface area contributed by atoms with Crippen LogP contribution in [0.2, 0.25) is 5.02 Å². The maximum atomic E-state index is 6.09. The molecule has 1 atom stereocenters. The molecular formula is C10H10ClN3S. The summed E-state index contributed by atoms with van der Waals surface area (Å²) in [5.41, 5.74) is 0.879. The molecule has 5 heteroatoms. The van der Waals surface area contributed by atoms with Crippen molar-refractivity contribution in [3.05, 3.63) is 45.6 Å². The molecule has 1 unspecified atom stereocenters. The summed E-state index contributed by atoms with van der Waals surface area (Å²) in [4.78, 5) is 9.39. The third-order valence-electron chi connectivity index (χ3n) is 2.07. The van der Waals surface area contributed by atoms with Crippen LogP contribution in [0.5, 0.6) is 0 Å². The molecule has 0 aromatic carbocycles. The molecule has 0 aliphatic heterocycles. The van der Waals surface area contributed by atoms with Gasteiger partial charge in [-0.15, -0.1) is 11.3 Å². The van der Waals surface area contributed by atoms with Gasteiger partial charge < -0.3 is 5.32 Å². The molecule has 0 radical (unpaired) electrons. The fourth-order valence-electron chi connectivity index (χ4n) is 1.38. The van der Waals surface area contributed by atoms with Gasteiger partial charge in [-0.25, -0.2) is 0 Å². The van der Waals surface area contributed by atoms with Gasteiger partial charge in [0.15, 0.2) is 0 Å². The Bertz CT molecular complexity index is 429. The summed E-state index contributed by atoms with van der Waals surface area (Å²) in [5.74, 6) is 0. The second-order valence-electron chi connectivity index (χ2n) is 2.98. The van der Waals surface area contributed by atoms with Crippen LogP contribution in [-0.2, 0) is 0 Å². The van der Waals surface area contributed by atoms with E-state index in [2.05, 4.69) is 15.3 Å². The SMILES string of the molecule is CNC(c1cnccn1)c1sccc1Cl. The lowest BCUT2D eigenvalue weighted by Crippen LogP contribution is -2.18. The van der Waals surface area contributed by atoms with Crippen LogP contribution in [0, 0.1) is 0 Å². The summed E-state index contributed by atoms with van der Waals surface area (Å²) in [6.07, 6.45) is 5.09. The molecule has 2 rings (SSSR count). The fourth-order valence-corrected chi connectivity index (χ4v) is 2.67. The predicted octanol–water partition coefficient (Wildman–Crippen LogP) is 2.50. The molecule has 0 aliphatic carbocycles. The van der Waals surface area contributed by atoms with E-state index in [4.69, 9.17) is 11.6 Å². The van der Waals surface area contributed by atoms with Crippen molar-refractivity contribution in [2.45, 2.75) is 6.04 Å². The zero-order valence-corrected chi connectivity index (χ0v) is 9.72.